The van der Waals surface area contributed by atoms with Crippen LogP contribution in [0.2, 0.25) is 0 Å². The smallest absolute Gasteiger partial charge is 0.354 e. The molecule has 1 unspecified atom stereocenters. The quantitative estimate of drug-likeness (QED) is 0.135. The van der Waals surface area contributed by atoms with Gasteiger partial charge in [-0.2, -0.15) is 0 Å². The van der Waals surface area contributed by atoms with Crippen molar-refractivity contribution >= 4 is 29.2 Å². The number of benzene rings is 2. The van der Waals surface area contributed by atoms with Gasteiger partial charge in [-0.3, -0.25) is 4.79 Å². The van der Waals surface area contributed by atoms with E-state index in [2.05, 4.69) is 17.1 Å². The van der Waals surface area contributed by atoms with E-state index in [4.69, 9.17) is 22.1 Å². The van der Waals surface area contributed by atoms with Crippen molar-refractivity contribution in [2.45, 2.75) is 63.7 Å². The summed E-state index contributed by atoms with van der Waals surface area (Å²) in [5.74, 6) is -5.12. The molecular weight excluding hydrogens is 517 g/mol. The van der Waals surface area contributed by atoms with Gasteiger partial charge in [-0.05, 0) is 62.1 Å². The van der Waals surface area contributed by atoms with Crippen molar-refractivity contribution in [1.29, 1.82) is 0 Å². The number of nitrogens with zero attached hydrogens (tertiary/aromatic N) is 1. The number of aliphatic hydroxyl groups is 3. The second-order valence-corrected chi connectivity index (χ2v) is 10.0. The highest BCUT2D eigenvalue weighted by Gasteiger charge is 2.46. The number of anilines is 1. The predicted octanol–water partition coefficient (Wildman–Crippen LogP) is 1.83. The number of ether oxygens (including phenoxy) is 1. The number of rotatable bonds is 14. The first-order chi connectivity index (χ1) is 17.8. The van der Waals surface area contributed by atoms with Crippen LogP contribution in [0, 0.1) is 5.82 Å². The summed E-state index contributed by atoms with van der Waals surface area (Å²) in [5, 5.41) is 32.4. The first kappa shape index (κ1) is 31.5. The number of carbonyl (C=O) groups excluding carboxylic acids is 2. The molecule has 2 atom stereocenters. The Kier molecular flexibility index (Phi) is 11.5. The fourth-order valence-electron chi connectivity index (χ4n) is 3.60. The zero-order valence-corrected chi connectivity index (χ0v) is 22.6. The highest BCUT2D eigenvalue weighted by atomic mass is 35.5. The van der Waals surface area contributed by atoms with Gasteiger partial charge >= 0.3 is 11.9 Å². The van der Waals surface area contributed by atoms with Gasteiger partial charge in [0.2, 0.25) is 5.91 Å². The standard InChI is InChI=1S/C27H37ClFN3O6/c1-4-14-32(15-13-28)21-11-7-18(8-12-21)16-22(30)24(33)31-23(17-19-5-9-20(29)10-6-19)25(34)38-27(36,37)26(2,3)35/h5-12,22-23,35-37H,4,13-17,30H2,1-3H3,(H,31,33)/t22?,23-/m0/s1. The molecule has 9 nitrogen and oxygen atoms in total. The molecule has 0 aromatic heterocycles. The first-order valence-electron chi connectivity index (χ1n) is 12.4. The van der Waals surface area contributed by atoms with Crippen LogP contribution in [0.5, 0.6) is 0 Å². The molecule has 0 saturated heterocycles. The second kappa shape index (κ2) is 13.9. The van der Waals surface area contributed by atoms with Gasteiger partial charge in [0.15, 0.2) is 5.60 Å². The largest absolute Gasteiger partial charge is 0.404 e. The lowest BCUT2D eigenvalue weighted by Crippen LogP contribution is -2.57. The van der Waals surface area contributed by atoms with E-state index < -0.39 is 41.4 Å². The van der Waals surface area contributed by atoms with E-state index in [-0.39, 0.29) is 12.8 Å². The average Bonchev–Trinajstić information content (AvgIpc) is 2.84. The molecule has 38 heavy (non-hydrogen) atoms. The third-order valence-corrected chi connectivity index (χ3v) is 6.10. The molecule has 2 aromatic rings. The lowest BCUT2D eigenvalue weighted by Gasteiger charge is -2.33. The molecule has 2 aromatic carbocycles. The maximum atomic E-state index is 13.3. The average molecular weight is 554 g/mol. The lowest BCUT2D eigenvalue weighted by molar-refractivity contribution is -0.384. The van der Waals surface area contributed by atoms with Crippen LogP contribution in [0.4, 0.5) is 10.1 Å². The van der Waals surface area contributed by atoms with Crippen LogP contribution in [0.1, 0.15) is 38.3 Å². The number of nitrogens with two attached hydrogens (primary N) is 1. The molecule has 0 aliphatic carbocycles. The van der Waals surface area contributed by atoms with Crippen molar-refractivity contribution in [1.82, 2.24) is 5.32 Å². The number of esters is 1. The van der Waals surface area contributed by atoms with Gasteiger partial charge in [-0.15, -0.1) is 11.6 Å². The van der Waals surface area contributed by atoms with E-state index in [0.717, 1.165) is 38.1 Å². The Morgan fingerprint density at radius 2 is 1.58 bits per heavy atom. The van der Waals surface area contributed by atoms with Crippen LogP contribution < -0.4 is 16.0 Å². The Morgan fingerprint density at radius 1 is 1.03 bits per heavy atom. The monoisotopic (exact) mass is 553 g/mol. The SMILES string of the molecule is CCCN(CCCl)c1ccc(CC(N)C(=O)N[C@@H](Cc2ccc(F)cc2)C(=O)OC(O)(O)C(C)(C)O)cc1. The minimum absolute atomic E-state index is 0.151. The van der Waals surface area contributed by atoms with Gasteiger partial charge in [0.05, 0.1) is 6.04 Å². The number of hydrogen-bond acceptors (Lipinski definition) is 8. The highest BCUT2D eigenvalue weighted by Crippen LogP contribution is 2.22. The van der Waals surface area contributed by atoms with E-state index in [9.17, 15) is 29.3 Å². The van der Waals surface area contributed by atoms with Gasteiger partial charge in [0.1, 0.15) is 11.9 Å². The highest BCUT2D eigenvalue weighted by molar-refractivity contribution is 6.18. The molecule has 0 aliphatic rings. The van der Waals surface area contributed by atoms with E-state index in [1.807, 2.05) is 24.3 Å². The van der Waals surface area contributed by atoms with Crippen LogP contribution in [0.15, 0.2) is 48.5 Å². The maximum absolute atomic E-state index is 13.3. The van der Waals surface area contributed by atoms with Gasteiger partial charge in [-0.25, -0.2) is 9.18 Å². The number of hydrogen-bond donors (Lipinski definition) is 5. The molecule has 2 rings (SSSR count). The number of halogens is 2. The van der Waals surface area contributed by atoms with E-state index in [1.165, 1.54) is 24.3 Å². The van der Waals surface area contributed by atoms with Crippen molar-refractivity contribution in [3.05, 3.63) is 65.5 Å². The third-order valence-electron chi connectivity index (χ3n) is 5.94. The van der Waals surface area contributed by atoms with Crippen molar-refractivity contribution in [2.75, 3.05) is 23.9 Å². The number of alkyl halides is 1. The summed E-state index contributed by atoms with van der Waals surface area (Å²) >= 11 is 5.90. The molecule has 0 spiro atoms. The van der Waals surface area contributed by atoms with Crippen LogP contribution in [0.3, 0.4) is 0 Å². The van der Waals surface area contributed by atoms with Crippen molar-refractivity contribution < 1.29 is 34.0 Å². The van der Waals surface area contributed by atoms with Crippen LogP contribution in [-0.2, 0) is 27.2 Å². The van der Waals surface area contributed by atoms with Gasteiger partial charge < -0.3 is 36.0 Å². The molecule has 11 heteroatoms. The Balaban J connectivity index is 2.14. The normalized spacial score (nSPS) is 13.5. The van der Waals surface area contributed by atoms with Crippen LogP contribution in [0.25, 0.3) is 0 Å². The lowest BCUT2D eigenvalue weighted by atomic mass is 10.0. The van der Waals surface area contributed by atoms with E-state index in [0.29, 0.717) is 18.0 Å². The molecule has 0 saturated carbocycles. The maximum Gasteiger partial charge on any atom is 0.354 e. The summed E-state index contributed by atoms with van der Waals surface area (Å²) in [6.07, 6.45) is 0.984. The van der Waals surface area contributed by atoms with Crippen LogP contribution in [-0.4, -0.2) is 69.8 Å². The Labute approximate surface area is 227 Å². The number of nitrogens with one attached hydrogen (secondary N) is 1. The molecule has 210 valence electrons. The van der Waals surface area contributed by atoms with Crippen molar-refractivity contribution in [3.8, 4) is 0 Å². The summed E-state index contributed by atoms with van der Waals surface area (Å²) in [4.78, 5) is 27.9. The summed E-state index contributed by atoms with van der Waals surface area (Å²) in [6.45, 7) is 5.71. The van der Waals surface area contributed by atoms with Gasteiger partial charge in [0, 0.05) is 31.1 Å². The van der Waals surface area contributed by atoms with Gasteiger partial charge in [0.25, 0.3) is 0 Å². The minimum Gasteiger partial charge on any atom is -0.404 e. The topological polar surface area (TPSA) is 145 Å². The molecular formula is C27H37ClFN3O6. The summed E-state index contributed by atoms with van der Waals surface area (Å²) in [7, 11) is 0. The first-order valence-corrected chi connectivity index (χ1v) is 12.9. The summed E-state index contributed by atoms with van der Waals surface area (Å²) in [5.41, 5.74) is 6.17. The summed E-state index contributed by atoms with van der Waals surface area (Å²) < 4.78 is 18.0. The molecule has 1 amide bonds. The number of carbonyl (C=O) groups is 2. The predicted molar refractivity (Wildman–Crippen MR) is 143 cm³/mol. The van der Waals surface area contributed by atoms with E-state index in [1.54, 1.807) is 0 Å². The molecule has 0 heterocycles. The van der Waals surface area contributed by atoms with Crippen molar-refractivity contribution in [2.24, 2.45) is 5.73 Å². The minimum atomic E-state index is -3.23. The fraction of sp³-hybridized carbons (Fsp3) is 0.481. The fourth-order valence-corrected chi connectivity index (χ4v) is 3.80. The molecule has 0 radical (unpaired) electrons. The van der Waals surface area contributed by atoms with Gasteiger partial charge in [-0.1, -0.05) is 31.2 Å². The number of amides is 1. The zero-order valence-electron chi connectivity index (χ0n) is 21.9. The molecule has 0 fully saturated rings. The third kappa shape index (κ3) is 9.21. The Morgan fingerprint density at radius 3 is 2.11 bits per heavy atom. The molecule has 6 N–H and O–H groups in total. The molecule has 0 bridgehead atoms. The van der Waals surface area contributed by atoms with Crippen LogP contribution >= 0.6 is 11.6 Å². The van der Waals surface area contributed by atoms with Crippen molar-refractivity contribution in [3.63, 3.8) is 0 Å². The van der Waals surface area contributed by atoms with E-state index >= 15 is 0 Å². The second-order valence-electron chi connectivity index (χ2n) is 9.63. The zero-order chi connectivity index (χ0) is 28.5. The Bertz CT molecular complexity index is 1040. The Hall–Kier alpha value is -2.76. The molecule has 0 aliphatic heterocycles. The summed E-state index contributed by atoms with van der Waals surface area (Å²) in [6, 6.07) is 10.3.